The second-order valence-corrected chi connectivity index (χ2v) is 9.92. The number of fused-ring (bicyclic) bond motifs is 1. The molecule has 4 rings (SSSR count). The summed E-state index contributed by atoms with van der Waals surface area (Å²) in [5, 5.41) is 11.7. The average Bonchev–Trinajstić information content (AvgIpc) is 3.19. The third-order valence-corrected chi connectivity index (χ3v) is 7.39. The van der Waals surface area contributed by atoms with Gasteiger partial charge in [0.15, 0.2) is 0 Å². The van der Waals surface area contributed by atoms with Crippen LogP contribution >= 0.6 is 11.6 Å². The van der Waals surface area contributed by atoms with Crippen molar-refractivity contribution in [3.8, 4) is 0 Å². The molecule has 0 bridgehead atoms. The van der Waals surface area contributed by atoms with Crippen LogP contribution in [0.15, 0.2) is 42.7 Å². The van der Waals surface area contributed by atoms with E-state index in [1.54, 1.807) is 49.3 Å². The number of benzene rings is 1. The number of halogens is 1. The molecule has 0 spiro atoms. The number of nitrogens with zero attached hydrogens (tertiary/aromatic N) is 5. The third-order valence-electron chi connectivity index (χ3n) is 6.17. The van der Waals surface area contributed by atoms with E-state index in [0.717, 1.165) is 9.69 Å². The van der Waals surface area contributed by atoms with E-state index in [2.05, 4.69) is 9.97 Å². The molecule has 1 aromatic carbocycles. The van der Waals surface area contributed by atoms with Gasteiger partial charge in [0.25, 0.3) is 0 Å². The van der Waals surface area contributed by atoms with Crippen molar-refractivity contribution in [2.45, 2.75) is 24.9 Å². The summed E-state index contributed by atoms with van der Waals surface area (Å²) in [5.41, 5.74) is 6.65. The number of pyridine rings is 2. The van der Waals surface area contributed by atoms with Gasteiger partial charge in [0.2, 0.25) is 16.8 Å². The van der Waals surface area contributed by atoms with Gasteiger partial charge in [-0.25, -0.2) is 23.2 Å². The minimum Gasteiger partial charge on any atom is -0.480 e. The first-order chi connectivity index (χ1) is 17.1. The van der Waals surface area contributed by atoms with Crippen LogP contribution in [0.25, 0.3) is 10.8 Å². The number of hydrogen-bond donors (Lipinski definition) is 3. The molecule has 2 atom stereocenters. The lowest BCUT2D eigenvalue weighted by Gasteiger charge is -2.27. The number of amides is 1. The first kappa shape index (κ1) is 25.5. The van der Waals surface area contributed by atoms with Crippen molar-refractivity contribution in [2.75, 3.05) is 35.6 Å². The normalized spacial score (nSPS) is 16.5. The lowest BCUT2D eigenvalue weighted by atomic mass is 10.0. The fourth-order valence-corrected chi connectivity index (χ4v) is 5.34. The Labute approximate surface area is 214 Å². The largest absolute Gasteiger partial charge is 0.480 e. The van der Waals surface area contributed by atoms with Gasteiger partial charge >= 0.3 is 5.97 Å². The number of carbonyl (C=O) groups is 2. The molecule has 0 aliphatic carbocycles. The molecule has 1 fully saturated rings. The smallest absolute Gasteiger partial charge is 0.326 e. The van der Waals surface area contributed by atoms with Crippen LogP contribution < -0.4 is 14.9 Å². The maximum absolute atomic E-state index is 13.3. The third kappa shape index (κ3) is 4.86. The Morgan fingerprint density at radius 1 is 1.28 bits per heavy atom. The van der Waals surface area contributed by atoms with E-state index in [0.29, 0.717) is 27.6 Å². The summed E-state index contributed by atoms with van der Waals surface area (Å²) in [6.45, 7) is 0.0748. The van der Waals surface area contributed by atoms with E-state index in [1.807, 2.05) is 0 Å². The Kier molecular flexibility index (Phi) is 7.18. The van der Waals surface area contributed by atoms with Crippen molar-refractivity contribution < 1.29 is 23.1 Å². The number of aromatic nitrogens is 2. The Hall–Kier alpha value is -3.64. The summed E-state index contributed by atoms with van der Waals surface area (Å²) in [6, 6.07) is 5.97. The second-order valence-electron chi connectivity index (χ2n) is 8.61. The molecule has 1 aliphatic heterocycles. The maximum atomic E-state index is 13.3. The zero-order chi connectivity index (χ0) is 26.1. The van der Waals surface area contributed by atoms with Crippen LogP contribution in [0.1, 0.15) is 12.0 Å². The minimum atomic E-state index is -3.19. The van der Waals surface area contributed by atoms with E-state index >= 15 is 0 Å². The molecule has 3 heterocycles. The van der Waals surface area contributed by atoms with Crippen molar-refractivity contribution in [2.24, 2.45) is 0 Å². The lowest BCUT2D eigenvalue weighted by molar-refractivity contribution is -0.148. The fourth-order valence-electron chi connectivity index (χ4n) is 4.35. The predicted molar refractivity (Wildman–Crippen MR) is 138 cm³/mol. The molecule has 1 amide bonds. The highest BCUT2D eigenvalue weighted by atomic mass is 35.5. The van der Waals surface area contributed by atoms with Crippen LogP contribution in [0.5, 0.6) is 0 Å². The number of nitrogens with two attached hydrogens (primary N) is 1. The van der Waals surface area contributed by atoms with Crippen LogP contribution in [0.2, 0.25) is 5.02 Å². The summed E-state index contributed by atoms with van der Waals surface area (Å²) in [5.74, 6) is -0.892. The Morgan fingerprint density at radius 2 is 2.03 bits per heavy atom. The van der Waals surface area contributed by atoms with Crippen molar-refractivity contribution in [1.29, 1.82) is 0 Å². The number of aliphatic carboxylic acids is 1. The maximum Gasteiger partial charge on any atom is 0.326 e. The average molecular weight is 533 g/mol. The zero-order valence-corrected chi connectivity index (χ0v) is 21.2. The first-order valence-electron chi connectivity index (χ1n) is 11.0. The summed E-state index contributed by atoms with van der Waals surface area (Å²) < 4.78 is 25.3. The van der Waals surface area contributed by atoms with Crippen molar-refractivity contribution in [3.05, 3.63) is 53.3 Å². The quantitative estimate of drug-likeness (QED) is 0.367. The van der Waals surface area contributed by atoms with E-state index in [9.17, 15) is 23.1 Å². The Balaban J connectivity index is 1.61. The number of likely N-dealkylation sites (tertiary alicyclic amines) is 1. The zero-order valence-electron chi connectivity index (χ0n) is 19.5. The fraction of sp³-hybridized carbons (Fsp3) is 0.304. The molecule has 1 saturated heterocycles. The van der Waals surface area contributed by atoms with E-state index in [4.69, 9.17) is 17.3 Å². The van der Waals surface area contributed by atoms with E-state index < -0.39 is 34.9 Å². The van der Waals surface area contributed by atoms with Gasteiger partial charge in [-0.05, 0) is 47.7 Å². The number of hydrogen-bond acceptors (Lipinski definition) is 8. The van der Waals surface area contributed by atoms with Crippen molar-refractivity contribution in [1.82, 2.24) is 14.9 Å². The molecule has 3 aromatic rings. The Morgan fingerprint density at radius 3 is 2.64 bits per heavy atom. The van der Waals surface area contributed by atoms with Gasteiger partial charge in [0.05, 0.1) is 11.9 Å². The highest BCUT2D eigenvalue weighted by Crippen LogP contribution is 2.31. The van der Waals surface area contributed by atoms with E-state index in [-0.39, 0.29) is 25.1 Å². The molecule has 1 aliphatic rings. The monoisotopic (exact) mass is 532 g/mol. The highest BCUT2D eigenvalue weighted by Gasteiger charge is 2.43. The van der Waals surface area contributed by atoms with Crippen LogP contribution in [0.3, 0.4) is 0 Å². The molecular formula is C23H25ClN6O5S. The number of carbonyl (C=O) groups excluding carboxylic acids is 1. The highest BCUT2D eigenvalue weighted by molar-refractivity contribution is 7.74. The Bertz CT molecular complexity index is 1390. The van der Waals surface area contributed by atoms with Gasteiger partial charge in [0.1, 0.15) is 23.7 Å². The number of thiol groups is 1. The number of anilines is 3. The molecule has 2 aromatic heterocycles. The summed E-state index contributed by atoms with van der Waals surface area (Å²) in [7, 11) is 0.408. The molecule has 3 N–H and O–H groups in total. The molecular weight excluding hydrogens is 508 g/mol. The van der Waals surface area contributed by atoms with Crippen LogP contribution in [-0.4, -0.2) is 73.0 Å². The summed E-state index contributed by atoms with van der Waals surface area (Å²) in [6.07, 6.45) is 2.99. The van der Waals surface area contributed by atoms with Gasteiger partial charge < -0.3 is 20.6 Å². The number of carboxylic acid groups (broad SMARTS) is 1. The summed E-state index contributed by atoms with van der Waals surface area (Å²) in [4.78, 5) is 36.8. The molecule has 36 heavy (non-hydrogen) atoms. The molecule has 0 saturated carbocycles. The molecule has 13 heteroatoms. The predicted octanol–water partition coefficient (Wildman–Crippen LogP) is 1.56. The SMILES string of the molecule is CN(C)c1ccc(N([C@H]2CCN([C@H](Cc3cc4ccnc(N)c4cc3Cl)C(=O)O)C2=O)[SH](=O)=O)cn1. The van der Waals surface area contributed by atoms with Crippen LogP contribution in [0, 0.1) is 0 Å². The molecule has 0 unspecified atom stereocenters. The minimum absolute atomic E-state index is 0.0621. The van der Waals surface area contributed by atoms with Crippen molar-refractivity contribution in [3.63, 3.8) is 0 Å². The number of carboxylic acids is 1. The lowest BCUT2D eigenvalue weighted by Crippen LogP contribution is -2.48. The van der Waals surface area contributed by atoms with Crippen LogP contribution in [0.4, 0.5) is 17.3 Å². The second kappa shape index (κ2) is 10.2. The van der Waals surface area contributed by atoms with E-state index in [1.165, 1.54) is 17.3 Å². The van der Waals surface area contributed by atoms with Crippen LogP contribution in [-0.2, 0) is 26.9 Å². The topological polar surface area (TPSA) is 150 Å². The first-order valence-corrected chi connectivity index (χ1v) is 12.5. The van der Waals surface area contributed by atoms with Gasteiger partial charge in [-0.2, -0.15) is 0 Å². The molecule has 190 valence electrons. The van der Waals surface area contributed by atoms with Gasteiger partial charge in [-0.1, -0.05) is 11.6 Å². The number of rotatable bonds is 8. The van der Waals surface area contributed by atoms with Crippen molar-refractivity contribution >= 4 is 62.5 Å². The van der Waals surface area contributed by atoms with Gasteiger partial charge in [-0.15, -0.1) is 0 Å². The summed E-state index contributed by atoms with van der Waals surface area (Å²) >= 11 is 6.42. The molecule has 11 nitrogen and oxygen atoms in total. The van der Waals surface area contributed by atoms with Gasteiger partial charge in [0, 0.05) is 43.7 Å². The number of nitrogen functional groups attached to an aromatic ring is 1. The van der Waals surface area contributed by atoms with Gasteiger partial charge in [-0.3, -0.25) is 9.10 Å². The standard InChI is InChI=1S/C23H25ClN6O5S/c1-28(2)20-4-3-15(12-27-20)30(36(34)35)18-6-8-29(22(18)31)19(23(32)33)10-14-9-13-5-7-26-21(25)16(13)11-17(14)24/h3-5,7,9,11-12,18-19,36H,6,8,10H2,1-2H3,(H2,25,26)(H,32,33)/t18-,19+/m0/s1. The molecule has 0 radical (unpaired) electrons.